The third kappa shape index (κ3) is 12.6. The van der Waals surface area contributed by atoms with E-state index in [9.17, 15) is 31.5 Å². The zero-order valence-electron chi connectivity index (χ0n) is 43.9. The van der Waals surface area contributed by atoms with Gasteiger partial charge in [-0.3, -0.25) is 0 Å². The summed E-state index contributed by atoms with van der Waals surface area (Å²) < 4.78 is 65.4. The molecule has 402 valence electrons. The molecule has 18 heteroatoms. The highest BCUT2D eigenvalue weighted by molar-refractivity contribution is 9.10. The molecule has 0 aliphatic rings. The molecular formula is C59H60BrCl2N5O8S2. The van der Waals surface area contributed by atoms with Crippen molar-refractivity contribution in [2.24, 2.45) is 0 Å². The van der Waals surface area contributed by atoms with E-state index >= 15 is 0 Å². The summed E-state index contributed by atoms with van der Waals surface area (Å²) in [5.41, 5.74) is 6.18. The second-order valence-corrected chi connectivity index (χ2v) is 26.2. The Morgan fingerprint density at radius 1 is 0.636 bits per heavy atom. The number of amides is 2. The van der Waals surface area contributed by atoms with Crippen molar-refractivity contribution >= 4 is 121 Å². The number of nitrogens with one attached hydrogen (secondary N) is 2. The zero-order chi connectivity index (χ0) is 55.8. The predicted molar refractivity (Wildman–Crippen MR) is 314 cm³/mol. The lowest BCUT2D eigenvalue weighted by Gasteiger charge is -2.33. The van der Waals surface area contributed by atoms with Crippen LogP contribution < -0.4 is 10.6 Å². The van der Waals surface area contributed by atoms with Crippen molar-refractivity contribution in [1.82, 2.24) is 18.2 Å². The number of fused-ring (bicyclic) bond motifs is 6. The Hall–Kier alpha value is -6.56. The van der Waals surface area contributed by atoms with Gasteiger partial charge in [-0.05, 0) is 170 Å². The van der Waals surface area contributed by atoms with Crippen molar-refractivity contribution in [3.05, 3.63) is 182 Å². The summed E-state index contributed by atoms with van der Waals surface area (Å²) in [6, 6.07) is 41.6. The fourth-order valence-corrected chi connectivity index (χ4v) is 13.2. The maximum atomic E-state index is 14.2. The van der Waals surface area contributed by atoms with Crippen molar-refractivity contribution in [3.63, 3.8) is 0 Å². The molecule has 3 N–H and O–H groups in total. The molecule has 0 atom stereocenters. The van der Waals surface area contributed by atoms with Crippen LogP contribution in [0.4, 0.5) is 15.3 Å². The van der Waals surface area contributed by atoms with E-state index in [4.69, 9.17) is 27.9 Å². The molecule has 2 amide bonds. The van der Waals surface area contributed by atoms with Gasteiger partial charge in [0.25, 0.3) is 20.0 Å². The largest absolute Gasteiger partial charge is 0.465 e. The number of nitrogens with zero attached hydrogens (tertiary/aromatic N) is 3. The lowest BCUT2D eigenvalue weighted by Crippen LogP contribution is -2.46. The highest BCUT2D eigenvalue weighted by atomic mass is 79.9. The molecule has 0 spiro atoms. The van der Waals surface area contributed by atoms with Gasteiger partial charge in [-0.25, -0.2) is 34.4 Å². The van der Waals surface area contributed by atoms with Crippen LogP contribution in [0.15, 0.2) is 154 Å². The number of carbonyl (C=O) groups excluding carboxylic acids is 1. The molecule has 0 saturated carbocycles. The normalized spacial score (nSPS) is 12.2. The Labute approximate surface area is 468 Å². The Balaban J connectivity index is 0.000000207. The van der Waals surface area contributed by atoms with Gasteiger partial charge in [-0.15, -0.1) is 0 Å². The number of hydrogen-bond acceptors (Lipinski definition) is 8. The molecule has 0 saturated heterocycles. The van der Waals surface area contributed by atoms with E-state index in [1.807, 2.05) is 89.2 Å². The van der Waals surface area contributed by atoms with E-state index < -0.39 is 43.4 Å². The van der Waals surface area contributed by atoms with Gasteiger partial charge in [-0.1, -0.05) is 105 Å². The van der Waals surface area contributed by atoms with Gasteiger partial charge in [-0.2, -0.15) is 0 Å². The van der Waals surface area contributed by atoms with Gasteiger partial charge < -0.3 is 25.4 Å². The molecule has 2 heterocycles. The summed E-state index contributed by atoms with van der Waals surface area (Å²) in [6.45, 7) is 15.8. The van der Waals surface area contributed by atoms with Gasteiger partial charge >= 0.3 is 12.2 Å². The number of hydrogen-bond donors (Lipinski definition) is 3. The minimum Gasteiger partial charge on any atom is -0.465 e. The van der Waals surface area contributed by atoms with Gasteiger partial charge in [0, 0.05) is 66.9 Å². The summed E-state index contributed by atoms with van der Waals surface area (Å²) in [5.74, 6) is 0. The fraction of sp³-hybridized carbons (Fsp3) is 0.254. The van der Waals surface area contributed by atoms with Crippen LogP contribution in [0.3, 0.4) is 0 Å². The smallest absolute Gasteiger partial charge is 0.407 e. The molecule has 9 rings (SSSR count). The second kappa shape index (κ2) is 22.4. The van der Waals surface area contributed by atoms with E-state index in [0.29, 0.717) is 62.4 Å². The standard InChI is InChI=1S/C33H34ClN3O4S.C26H26BrClN2O4S/c1-22-10-13-27(14-11-22)42(39,40)37-30-15-12-25(34)19-28(30)29-20-26(36-21-23-8-6-5-7-9-23)18-24(31(29)37)16-17-35-32(38)41-33(2,3)4;1-16-5-8-20(9-6-16)35(33,34)30-23-10-7-19(28)15-21(23)22-14-18(27)13-17(24(22)30)11-12-29(25(31)32)26(2,3)4/h5-15,18-20,36H,16-17,21H2,1-4H3,(H,35,38);5-10,13-15H,11-12H2,1-4H3,(H,31,32). The number of ether oxygens (including phenoxy) is 1. The van der Waals surface area contributed by atoms with Crippen LogP contribution in [0.5, 0.6) is 0 Å². The van der Waals surface area contributed by atoms with Gasteiger partial charge in [0.1, 0.15) is 5.60 Å². The summed E-state index contributed by atoms with van der Waals surface area (Å²) >= 11 is 16.3. The number of aromatic nitrogens is 2. The first-order chi connectivity index (χ1) is 36.2. The Morgan fingerprint density at radius 3 is 1.61 bits per heavy atom. The number of benzene rings is 7. The average Bonchev–Trinajstić information content (AvgIpc) is 4.00. The molecule has 13 nitrogen and oxygen atoms in total. The number of halogens is 3. The molecule has 0 unspecified atom stereocenters. The van der Waals surface area contributed by atoms with Crippen LogP contribution >= 0.6 is 39.1 Å². The van der Waals surface area contributed by atoms with E-state index in [0.717, 1.165) is 48.6 Å². The number of carbonyl (C=O) groups is 2. The van der Waals surface area contributed by atoms with Crippen LogP contribution in [0, 0.1) is 13.8 Å². The highest BCUT2D eigenvalue weighted by Crippen LogP contribution is 2.40. The van der Waals surface area contributed by atoms with Crippen LogP contribution in [0.1, 0.15) is 69.4 Å². The molecule has 77 heavy (non-hydrogen) atoms. The van der Waals surface area contributed by atoms with E-state index in [-0.39, 0.29) is 22.9 Å². The van der Waals surface area contributed by atoms with Crippen LogP contribution in [0.2, 0.25) is 10.0 Å². The predicted octanol–water partition coefficient (Wildman–Crippen LogP) is 14.7. The maximum absolute atomic E-state index is 14.2. The molecule has 2 aromatic heterocycles. The molecule has 0 aliphatic heterocycles. The van der Waals surface area contributed by atoms with E-state index in [2.05, 4.69) is 26.6 Å². The first-order valence-electron chi connectivity index (χ1n) is 24.8. The number of carboxylic acid groups (broad SMARTS) is 1. The third-order valence-corrected chi connectivity index (χ3v) is 17.2. The molecule has 0 radical (unpaired) electrons. The topological polar surface area (TPSA) is 169 Å². The molecule has 7 aromatic carbocycles. The third-order valence-electron chi connectivity index (χ3n) is 12.8. The first kappa shape index (κ1) is 56.6. The van der Waals surface area contributed by atoms with Crippen LogP contribution in [-0.2, 0) is 44.2 Å². The fourth-order valence-electron chi connectivity index (χ4n) is 9.26. The molecule has 0 aliphatic carbocycles. The monoisotopic (exact) mass is 1180 g/mol. The highest BCUT2D eigenvalue weighted by Gasteiger charge is 2.30. The van der Waals surface area contributed by atoms with Gasteiger partial charge in [0.2, 0.25) is 0 Å². The molecular weight excluding hydrogens is 1120 g/mol. The first-order valence-corrected chi connectivity index (χ1v) is 29.2. The molecule has 0 fully saturated rings. The zero-order valence-corrected chi connectivity index (χ0v) is 48.6. The van der Waals surface area contributed by atoms with Gasteiger partial charge in [0.15, 0.2) is 0 Å². The second-order valence-electron chi connectivity index (χ2n) is 20.9. The van der Waals surface area contributed by atoms with E-state index in [1.165, 1.54) is 12.8 Å². The van der Waals surface area contributed by atoms with Crippen LogP contribution in [0.25, 0.3) is 43.6 Å². The molecule has 0 bridgehead atoms. The quantitative estimate of drug-likeness (QED) is 0.102. The van der Waals surface area contributed by atoms with Gasteiger partial charge in [0.05, 0.1) is 31.9 Å². The van der Waals surface area contributed by atoms with Crippen molar-refractivity contribution < 1.29 is 36.3 Å². The van der Waals surface area contributed by atoms with E-state index in [1.54, 1.807) is 106 Å². The number of aryl methyl sites for hydroxylation is 2. The maximum Gasteiger partial charge on any atom is 0.407 e. The van der Waals surface area contributed by atoms with Crippen LogP contribution in [-0.4, -0.2) is 71.2 Å². The Bertz CT molecular complexity index is 3930. The number of alkyl carbamates (subject to hydrolysis) is 1. The summed E-state index contributed by atoms with van der Waals surface area (Å²) in [5, 5.41) is 19.9. The van der Waals surface area contributed by atoms with Crippen molar-refractivity contribution in [2.75, 3.05) is 18.4 Å². The van der Waals surface area contributed by atoms with Crippen molar-refractivity contribution in [1.29, 1.82) is 0 Å². The number of anilines is 1. The SMILES string of the molecule is Cc1ccc(S(=O)(=O)n2c3ccc(Cl)cc3c3cc(Br)cc(CCN(C(=O)O)C(C)(C)C)c32)cc1.Cc1ccc(S(=O)(=O)n2c3ccc(Cl)cc3c3cc(NCc4ccccc4)cc(CCNC(=O)OC(C)(C)C)c32)cc1. The Kier molecular flexibility index (Phi) is 16.5. The average molecular weight is 1180 g/mol. The minimum atomic E-state index is -3.99. The minimum absolute atomic E-state index is 0.174. The summed E-state index contributed by atoms with van der Waals surface area (Å²) in [7, 11) is -7.96. The van der Waals surface area contributed by atoms with Crippen molar-refractivity contribution in [2.45, 2.75) is 95.7 Å². The molecule has 9 aromatic rings. The summed E-state index contributed by atoms with van der Waals surface area (Å²) in [6.07, 6.45) is -0.864. The van der Waals surface area contributed by atoms with Crippen molar-refractivity contribution in [3.8, 4) is 0 Å². The lowest BCUT2D eigenvalue weighted by molar-refractivity contribution is 0.0528. The number of rotatable bonds is 13. The summed E-state index contributed by atoms with van der Waals surface area (Å²) in [4.78, 5) is 26.0. The lowest BCUT2D eigenvalue weighted by atomic mass is 10.0. The Morgan fingerprint density at radius 2 is 1.13 bits per heavy atom.